The molecule has 0 radical (unpaired) electrons. The van der Waals surface area contributed by atoms with Crippen LogP contribution >= 0.6 is 57.5 Å². The molecule has 10 aromatic carbocycles. The number of ether oxygens (including phenoxy) is 3. The highest BCUT2D eigenvalue weighted by molar-refractivity contribution is 7.90. The number of thiophene rings is 2. The van der Waals surface area contributed by atoms with E-state index in [9.17, 15) is 115 Å². The standard InChI is InChI=1S/C26H21ClN4O6S.C25H16ClN5O5S.C25H16F3N3O6S.C23H12ClF4N3O4S/c1-37-17-7-5-6-15(12-17)14-30-21-11-10-16(27)13-19(21)22(23(30)24(32)29-38(2,35)36)31-25(33)18-8-3-4-9-20(18)28-26(31)34;1-30-20-11-8-15(26)12-18(20)21(31-24(33)17-4-2-3-5-19(17)28-25(31)34)22(30)23(32)29-37(35,36)16-9-6-14(13-27)7-10-16;26-25(27,28)13-4-5-17-14(8-13)19(31-22(32)15-10-38-11-16(15)29-24(31)35)20(23(33)34)30(17)9-12-2-1-3-18-21(12)37-7-6-36-18;24-15-6-12(25)3-1-10(15)7-30-17-4-2-11(23(26,27)28)5-13(17)18(19(30)21(33)34)31-20(32)14-8-36-9-16(14)29-22(31)35/h3-13H,14H2,1-2H3,(H,28,34)(H,29,32);2-12H,1H3,(H,28,34)(H,29,32);1-5,8,10-11H,6-7,9H2,(H,29,35)(H,33,34);1-6,8-9H,7H2,(H,29,35)(H,33,34). The summed E-state index contributed by atoms with van der Waals surface area (Å²) in [5.41, 5.74) is -7.97. The van der Waals surface area contributed by atoms with Gasteiger partial charge >= 0.3 is 47.1 Å². The van der Waals surface area contributed by atoms with E-state index in [1.807, 2.05) is 15.5 Å². The summed E-state index contributed by atoms with van der Waals surface area (Å²) in [6.45, 7) is 0.222. The topological polar surface area (TPSA) is 492 Å². The van der Waals surface area contributed by atoms with Gasteiger partial charge in [-0.05, 0) is 163 Å². The van der Waals surface area contributed by atoms with Crippen LogP contribution in [0.3, 0.4) is 0 Å². The maximum Gasteiger partial charge on any atom is 0.416 e. The first-order valence-corrected chi connectivity index (χ1v) is 49.7. The number of aromatic amines is 4. The first kappa shape index (κ1) is 102. The zero-order valence-electron chi connectivity index (χ0n) is 76.1. The third-order valence-electron chi connectivity index (χ3n) is 23.9. The van der Waals surface area contributed by atoms with Crippen molar-refractivity contribution in [2.24, 2.45) is 7.05 Å². The monoisotopic (exact) mass is 2170 g/mol. The van der Waals surface area contributed by atoms with Crippen LogP contribution in [-0.2, 0) is 59.1 Å². The third-order valence-corrected chi connectivity index (χ3v) is 28.1. The first-order chi connectivity index (χ1) is 70.8. The molecule has 0 fully saturated rings. The van der Waals surface area contributed by atoms with Crippen molar-refractivity contribution in [1.29, 1.82) is 5.26 Å². The van der Waals surface area contributed by atoms with Crippen molar-refractivity contribution in [3.8, 4) is 46.1 Å². The van der Waals surface area contributed by atoms with Gasteiger partial charge in [-0.15, -0.1) is 22.7 Å². The number of benzene rings is 10. The Hall–Kier alpha value is -17.4. The van der Waals surface area contributed by atoms with Crippen LogP contribution in [0.25, 0.3) is 110 Å². The first-order valence-electron chi connectivity index (χ1n) is 43.3. The molecule has 0 spiro atoms. The molecular weight excluding hydrogens is 2100 g/mol. The van der Waals surface area contributed by atoms with Gasteiger partial charge in [-0.25, -0.2) is 77.7 Å². The van der Waals surface area contributed by atoms with Crippen molar-refractivity contribution in [2.75, 3.05) is 26.6 Å². The SMILES string of the molecule is COc1cccc(Cn2c(C(=O)NS(C)(=O)=O)c(-n3c(=O)[nH]c4ccccc4c3=O)c3cc(Cl)ccc32)c1.Cn1c(C(=O)NS(=O)(=O)c2ccc(C#N)cc2)c(-n2c(=O)[nH]c3ccccc3c2=O)c2cc(Cl)ccc21.O=C(O)c1c(-n2c(=O)[nH]c3cscc3c2=O)c2cc(C(F)(F)F)ccc2n1Cc1ccc(F)cc1Cl.O=C(O)c1c(-n2c(=O)[nH]c3cscc3c2=O)c2cc(C(F)(F)F)ccc2n1Cc1cccc2c1OCCO2. The number of H-pyrrole nitrogens is 4. The Morgan fingerprint density at radius 3 is 1.39 bits per heavy atom. The van der Waals surface area contributed by atoms with E-state index < -0.39 is 141 Å². The average molecular weight is 2170 g/mol. The smallest absolute Gasteiger partial charge is 0.416 e. The number of hydrogen-bond donors (Lipinski definition) is 8. The summed E-state index contributed by atoms with van der Waals surface area (Å²) < 4.78 is 174. The number of nitrogens with zero attached hydrogens (tertiary/aromatic N) is 9. The molecule has 1 aliphatic heterocycles. The van der Waals surface area contributed by atoms with Crippen molar-refractivity contribution in [3.63, 3.8) is 0 Å². The number of carboxylic acid groups (broad SMARTS) is 2. The van der Waals surface area contributed by atoms with E-state index in [0.717, 1.165) is 90.7 Å². The largest absolute Gasteiger partial charge is 0.497 e. The van der Waals surface area contributed by atoms with Crippen molar-refractivity contribution in [2.45, 2.75) is 36.9 Å². The number of methoxy groups -OCH3 is 1. The van der Waals surface area contributed by atoms with E-state index in [0.29, 0.717) is 77.5 Å². The number of amides is 2. The van der Waals surface area contributed by atoms with Gasteiger partial charge in [0.2, 0.25) is 10.0 Å². The second kappa shape index (κ2) is 39.5. The fourth-order valence-corrected chi connectivity index (χ4v) is 20.9. The highest BCUT2D eigenvalue weighted by Crippen LogP contribution is 2.43. The molecule has 0 saturated carbocycles. The maximum absolute atomic E-state index is 13.7. The number of carbonyl (C=O) groups is 4. The lowest BCUT2D eigenvalue weighted by Gasteiger charge is -2.21. The van der Waals surface area contributed by atoms with Crippen molar-refractivity contribution in [3.05, 3.63) is 388 Å². The molecule has 20 aromatic rings. The van der Waals surface area contributed by atoms with Crippen LogP contribution in [-0.4, -0.2) is 134 Å². The molecule has 10 aromatic heterocycles. The Morgan fingerprint density at radius 2 is 0.899 bits per heavy atom. The second-order valence-corrected chi connectivity index (χ2v) is 39.3. The van der Waals surface area contributed by atoms with Gasteiger partial charge < -0.3 is 62.6 Å². The molecule has 0 bridgehead atoms. The summed E-state index contributed by atoms with van der Waals surface area (Å²) in [5, 5.41) is 36.5. The predicted octanol–water partition coefficient (Wildman–Crippen LogP) is 15.3. The molecule has 2 amide bonds. The Bertz CT molecular complexity index is 9940. The van der Waals surface area contributed by atoms with Crippen LogP contribution in [0.4, 0.5) is 30.7 Å². The Balaban J connectivity index is 0.000000130. The fourth-order valence-electron chi connectivity index (χ4n) is 17.4. The number of para-hydroxylation sites is 3. The molecule has 11 heterocycles. The molecule has 1 aliphatic rings. The maximum atomic E-state index is 13.7. The van der Waals surface area contributed by atoms with Crippen LogP contribution in [0.1, 0.15) is 75.3 Å². The van der Waals surface area contributed by atoms with E-state index in [1.165, 1.54) is 97.9 Å². The number of aromatic nitrogens is 12. The summed E-state index contributed by atoms with van der Waals surface area (Å²) >= 11 is 20.9. The van der Waals surface area contributed by atoms with Crippen molar-refractivity contribution in [1.82, 2.24) is 65.9 Å². The van der Waals surface area contributed by atoms with Crippen molar-refractivity contribution >= 4 is 188 Å². The van der Waals surface area contributed by atoms with Crippen LogP contribution in [0.5, 0.6) is 17.2 Å². The molecule has 0 aliphatic carbocycles. The molecule has 36 nitrogen and oxygen atoms in total. The van der Waals surface area contributed by atoms with Gasteiger partial charge in [0.05, 0.1) is 136 Å². The number of sulfonamides is 2. The number of aromatic carboxylic acids is 2. The third kappa shape index (κ3) is 19.3. The Morgan fingerprint density at radius 1 is 0.463 bits per heavy atom. The summed E-state index contributed by atoms with van der Waals surface area (Å²) in [7, 11) is -5.35. The van der Waals surface area contributed by atoms with Gasteiger partial charge in [0.1, 0.15) is 36.2 Å². The predicted molar refractivity (Wildman–Crippen MR) is 541 cm³/mol. The number of fused-ring (bicyclic) bond motifs is 9. The molecular formula is C99H65Cl3F7N15O21S4. The van der Waals surface area contributed by atoms with Gasteiger partial charge in [0, 0.05) is 83.8 Å². The van der Waals surface area contributed by atoms with E-state index in [-0.39, 0.29) is 134 Å². The van der Waals surface area contributed by atoms with Gasteiger partial charge in [-0.3, -0.25) is 28.8 Å². The van der Waals surface area contributed by atoms with Gasteiger partial charge in [0.15, 0.2) is 22.9 Å². The van der Waals surface area contributed by atoms with E-state index >= 15 is 0 Å². The zero-order valence-corrected chi connectivity index (χ0v) is 81.6. The molecule has 21 rings (SSSR count). The number of aryl methyl sites for hydroxylation is 1. The minimum absolute atomic E-state index is 0.00694. The zero-order chi connectivity index (χ0) is 106. The van der Waals surface area contributed by atoms with E-state index in [1.54, 1.807) is 109 Å². The lowest BCUT2D eigenvalue weighted by atomic mass is 10.1. The van der Waals surface area contributed by atoms with Crippen LogP contribution in [0.15, 0.2) is 271 Å². The molecule has 0 unspecified atom stereocenters. The highest BCUT2D eigenvalue weighted by atomic mass is 35.5. The van der Waals surface area contributed by atoms with Gasteiger partial charge in [0.25, 0.3) is 44.1 Å². The number of carbonyl (C=O) groups excluding carboxylic acids is 2. The van der Waals surface area contributed by atoms with Crippen LogP contribution in [0, 0.1) is 17.1 Å². The number of alkyl halides is 6. The number of nitriles is 1. The lowest BCUT2D eigenvalue weighted by Crippen LogP contribution is -2.37. The number of nitrogens with one attached hydrogen (secondary N) is 6. The second-order valence-electron chi connectivity index (χ2n) is 33.1. The highest BCUT2D eigenvalue weighted by Gasteiger charge is 2.39. The van der Waals surface area contributed by atoms with Crippen molar-refractivity contribution < 1.29 is 91.2 Å². The molecule has 50 heteroatoms. The number of rotatable bonds is 18. The normalized spacial score (nSPS) is 12.1. The molecule has 149 heavy (non-hydrogen) atoms. The molecule has 0 saturated heterocycles. The van der Waals surface area contributed by atoms with Gasteiger partial charge in [-0.1, -0.05) is 89.4 Å². The number of halogens is 10. The van der Waals surface area contributed by atoms with Crippen LogP contribution in [0.2, 0.25) is 15.1 Å². The average Bonchev–Trinajstić information content (AvgIpc) is 1.59. The lowest BCUT2D eigenvalue weighted by molar-refractivity contribution is -0.138. The summed E-state index contributed by atoms with van der Waals surface area (Å²) in [5.74, 6) is -4.49. The summed E-state index contributed by atoms with van der Waals surface area (Å²) in [4.78, 5) is 168. The molecule has 0 atom stereocenters. The molecule has 8 N–H and O–H groups in total. The summed E-state index contributed by atoms with van der Waals surface area (Å²) in [6.07, 6.45) is -8.70. The Labute approximate surface area is 850 Å². The minimum Gasteiger partial charge on any atom is -0.497 e. The quantitative estimate of drug-likeness (QED) is 0.0370. The number of hydrogen-bond acceptors (Lipinski definition) is 22. The Kier molecular flexibility index (Phi) is 26.9. The summed E-state index contributed by atoms with van der Waals surface area (Å²) in [6, 6.07) is 49.8. The molecule has 756 valence electrons. The van der Waals surface area contributed by atoms with Gasteiger partial charge in [-0.2, -0.15) is 31.6 Å². The van der Waals surface area contributed by atoms with E-state index in [2.05, 4.69) is 19.9 Å². The van der Waals surface area contributed by atoms with E-state index in [4.69, 9.17) is 54.3 Å². The fraction of sp³-hybridized carbons (Fsp3) is 0.101. The number of carboxylic acids is 2. The van der Waals surface area contributed by atoms with Crippen LogP contribution < -0.4 is 68.7 Å². The minimum atomic E-state index is -4.79.